The van der Waals surface area contributed by atoms with Crippen molar-refractivity contribution in [3.05, 3.63) is 52.8 Å². The van der Waals surface area contributed by atoms with Crippen molar-refractivity contribution >= 4 is 16.7 Å². The molecule has 6 heteroatoms. The molecule has 1 aromatic carbocycles. The lowest BCUT2D eigenvalue weighted by Gasteiger charge is -2.29. The maximum absolute atomic E-state index is 5.57. The molecule has 0 radical (unpaired) electrons. The molecule has 1 atom stereocenters. The zero-order chi connectivity index (χ0) is 20.7. The number of fused-ring (bicyclic) bond motifs is 1. The highest BCUT2D eigenvalue weighted by molar-refractivity contribution is 5.97. The SMILES string of the molecule is Cc1cc(-c2cc(N3CCOCC3)nc3c(C4CCNN4)nccc23)cc(C)c1C. The van der Waals surface area contributed by atoms with E-state index in [1.807, 2.05) is 6.20 Å². The molecule has 156 valence electrons. The van der Waals surface area contributed by atoms with Gasteiger partial charge in [0.05, 0.1) is 30.5 Å². The summed E-state index contributed by atoms with van der Waals surface area (Å²) < 4.78 is 5.57. The third kappa shape index (κ3) is 3.45. The number of hydrogen-bond acceptors (Lipinski definition) is 6. The number of benzene rings is 1. The van der Waals surface area contributed by atoms with Gasteiger partial charge in [-0.1, -0.05) is 12.1 Å². The minimum atomic E-state index is 0.176. The van der Waals surface area contributed by atoms with Gasteiger partial charge in [-0.25, -0.2) is 10.4 Å². The average Bonchev–Trinajstić information content (AvgIpc) is 3.31. The Balaban J connectivity index is 1.74. The largest absolute Gasteiger partial charge is 0.378 e. The molecular formula is C24H29N5O. The van der Waals surface area contributed by atoms with Crippen LogP contribution in [0, 0.1) is 20.8 Å². The highest BCUT2D eigenvalue weighted by Crippen LogP contribution is 2.36. The fourth-order valence-electron chi connectivity index (χ4n) is 4.49. The Labute approximate surface area is 177 Å². The number of aryl methyl sites for hydroxylation is 2. The zero-order valence-corrected chi connectivity index (χ0v) is 18.0. The second kappa shape index (κ2) is 7.95. The van der Waals surface area contributed by atoms with Gasteiger partial charge in [0.15, 0.2) is 0 Å². The summed E-state index contributed by atoms with van der Waals surface area (Å²) in [5.74, 6) is 1.01. The molecule has 0 saturated carbocycles. The first-order valence-corrected chi connectivity index (χ1v) is 10.8. The Hall–Kier alpha value is -2.54. The van der Waals surface area contributed by atoms with E-state index in [0.717, 1.165) is 61.7 Å². The number of hydrogen-bond donors (Lipinski definition) is 2. The monoisotopic (exact) mass is 403 g/mol. The van der Waals surface area contributed by atoms with Crippen LogP contribution in [0.25, 0.3) is 22.0 Å². The van der Waals surface area contributed by atoms with Crippen molar-refractivity contribution in [2.24, 2.45) is 0 Å². The van der Waals surface area contributed by atoms with Gasteiger partial charge in [-0.05, 0) is 67.1 Å². The van der Waals surface area contributed by atoms with Gasteiger partial charge in [0.25, 0.3) is 0 Å². The van der Waals surface area contributed by atoms with Crippen LogP contribution >= 0.6 is 0 Å². The molecule has 30 heavy (non-hydrogen) atoms. The molecule has 2 N–H and O–H groups in total. The van der Waals surface area contributed by atoms with Gasteiger partial charge in [0.2, 0.25) is 0 Å². The molecule has 2 aliphatic heterocycles. The van der Waals surface area contributed by atoms with Crippen molar-refractivity contribution in [1.29, 1.82) is 0 Å². The molecule has 1 unspecified atom stereocenters. The first kappa shape index (κ1) is 19.4. The third-order valence-electron chi connectivity index (χ3n) is 6.48. The van der Waals surface area contributed by atoms with Crippen LogP contribution in [-0.4, -0.2) is 42.8 Å². The predicted molar refractivity (Wildman–Crippen MR) is 121 cm³/mol. The number of nitrogens with zero attached hydrogens (tertiary/aromatic N) is 3. The van der Waals surface area contributed by atoms with Crippen molar-refractivity contribution in [2.45, 2.75) is 33.2 Å². The summed E-state index contributed by atoms with van der Waals surface area (Å²) in [4.78, 5) is 12.2. The quantitative estimate of drug-likeness (QED) is 0.697. The van der Waals surface area contributed by atoms with Crippen molar-refractivity contribution in [1.82, 2.24) is 20.8 Å². The second-order valence-corrected chi connectivity index (χ2v) is 8.37. The number of nitrogens with one attached hydrogen (secondary N) is 2. The second-order valence-electron chi connectivity index (χ2n) is 8.37. The Morgan fingerprint density at radius 1 is 1.07 bits per heavy atom. The molecule has 4 heterocycles. The molecule has 6 nitrogen and oxygen atoms in total. The first-order valence-electron chi connectivity index (χ1n) is 10.8. The van der Waals surface area contributed by atoms with E-state index in [1.165, 1.54) is 27.8 Å². The van der Waals surface area contributed by atoms with Crippen molar-refractivity contribution in [3.63, 3.8) is 0 Å². The Morgan fingerprint density at radius 2 is 1.83 bits per heavy atom. The predicted octanol–water partition coefficient (Wildman–Crippen LogP) is 3.60. The van der Waals surface area contributed by atoms with Crippen LogP contribution < -0.4 is 15.8 Å². The Bertz CT molecular complexity index is 1060. The van der Waals surface area contributed by atoms with E-state index in [9.17, 15) is 0 Å². The van der Waals surface area contributed by atoms with Crippen molar-refractivity contribution in [2.75, 3.05) is 37.7 Å². The lowest BCUT2D eigenvalue weighted by atomic mass is 9.94. The van der Waals surface area contributed by atoms with Crippen molar-refractivity contribution < 1.29 is 4.74 Å². The van der Waals surface area contributed by atoms with E-state index in [4.69, 9.17) is 14.7 Å². The molecule has 0 bridgehead atoms. The normalized spacial score (nSPS) is 19.6. The third-order valence-corrected chi connectivity index (χ3v) is 6.48. The lowest BCUT2D eigenvalue weighted by molar-refractivity contribution is 0.122. The van der Waals surface area contributed by atoms with Crippen LogP contribution in [0.2, 0.25) is 0 Å². The number of anilines is 1. The smallest absolute Gasteiger partial charge is 0.130 e. The Morgan fingerprint density at radius 3 is 2.53 bits per heavy atom. The Kier molecular flexibility index (Phi) is 5.15. The molecule has 0 aliphatic carbocycles. The van der Waals surface area contributed by atoms with Crippen LogP contribution in [0.5, 0.6) is 0 Å². The standard InChI is InChI=1S/C24H29N5O/c1-15-12-18(13-16(2)17(15)3)20-14-22(29-8-10-30-11-9-29)27-23-19(20)4-6-25-24(23)21-5-7-26-28-21/h4,6,12-14,21,26,28H,5,7-11H2,1-3H3. The molecule has 3 aromatic rings. The average molecular weight is 404 g/mol. The molecule has 2 aliphatic rings. The molecule has 2 fully saturated rings. The number of ether oxygens (including phenoxy) is 1. The topological polar surface area (TPSA) is 62.3 Å². The van der Waals surface area contributed by atoms with E-state index >= 15 is 0 Å². The summed E-state index contributed by atoms with van der Waals surface area (Å²) >= 11 is 0. The summed E-state index contributed by atoms with van der Waals surface area (Å²) in [6.07, 6.45) is 2.93. The zero-order valence-electron chi connectivity index (χ0n) is 18.0. The van der Waals surface area contributed by atoms with Gasteiger partial charge in [-0.2, -0.15) is 0 Å². The highest BCUT2D eigenvalue weighted by atomic mass is 16.5. The van der Waals surface area contributed by atoms with E-state index in [0.29, 0.717) is 0 Å². The maximum atomic E-state index is 5.57. The van der Waals surface area contributed by atoms with Gasteiger partial charge in [-0.3, -0.25) is 10.4 Å². The number of pyridine rings is 2. The van der Waals surface area contributed by atoms with Crippen LogP contribution in [0.1, 0.15) is 34.8 Å². The van der Waals surface area contributed by atoms with Gasteiger partial charge in [0, 0.05) is 31.2 Å². The molecule has 0 spiro atoms. The van der Waals surface area contributed by atoms with Crippen LogP contribution in [-0.2, 0) is 4.74 Å². The summed E-state index contributed by atoms with van der Waals surface area (Å²) in [6.45, 7) is 10.7. The molecular weight excluding hydrogens is 374 g/mol. The molecule has 5 rings (SSSR count). The number of aromatic nitrogens is 2. The van der Waals surface area contributed by atoms with Gasteiger partial charge >= 0.3 is 0 Å². The summed E-state index contributed by atoms with van der Waals surface area (Å²) in [6, 6.07) is 9.14. The summed E-state index contributed by atoms with van der Waals surface area (Å²) in [5.41, 5.74) is 15.1. The van der Waals surface area contributed by atoms with Gasteiger partial charge in [0.1, 0.15) is 5.82 Å². The maximum Gasteiger partial charge on any atom is 0.130 e. The summed E-state index contributed by atoms with van der Waals surface area (Å²) in [7, 11) is 0. The molecule has 0 amide bonds. The van der Waals surface area contributed by atoms with Crippen molar-refractivity contribution in [3.8, 4) is 11.1 Å². The highest BCUT2D eigenvalue weighted by Gasteiger charge is 2.23. The van der Waals surface area contributed by atoms with E-state index in [2.05, 4.69) is 60.8 Å². The first-order chi connectivity index (χ1) is 14.6. The number of morpholine rings is 1. The van der Waals surface area contributed by atoms with Crippen LogP contribution in [0.4, 0.5) is 5.82 Å². The van der Waals surface area contributed by atoms with Gasteiger partial charge < -0.3 is 9.64 Å². The van der Waals surface area contributed by atoms with E-state index in [1.54, 1.807) is 0 Å². The lowest BCUT2D eigenvalue weighted by Crippen LogP contribution is -2.36. The van der Waals surface area contributed by atoms with Gasteiger partial charge in [-0.15, -0.1) is 0 Å². The fraction of sp³-hybridized carbons (Fsp3) is 0.417. The minimum absolute atomic E-state index is 0.176. The summed E-state index contributed by atoms with van der Waals surface area (Å²) in [5, 5.41) is 1.16. The fourth-order valence-corrected chi connectivity index (χ4v) is 4.49. The van der Waals surface area contributed by atoms with Crippen LogP contribution in [0.15, 0.2) is 30.5 Å². The minimum Gasteiger partial charge on any atom is -0.378 e. The number of rotatable bonds is 3. The van der Waals surface area contributed by atoms with Crippen LogP contribution in [0.3, 0.4) is 0 Å². The molecule has 2 saturated heterocycles. The molecule has 2 aromatic heterocycles. The van der Waals surface area contributed by atoms with E-state index < -0.39 is 0 Å². The number of hydrazine groups is 1. The van der Waals surface area contributed by atoms with E-state index in [-0.39, 0.29) is 6.04 Å².